The van der Waals surface area contributed by atoms with Crippen molar-refractivity contribution < 1.29 is 9.18 Å². The fourth-order valence-corrected chi connectivity index (χ4v) is 1.69. The van der Waals surface area contributed by atoms with Crippen molar-refractivity contribution >= 4 is 5.91 Å². The third-order valence-corrected chi connectivity index (χ3v) is 2.91. The van der Waals surface area contributed by atoms with E-state index in [1.54, 1.807) is 4.90 Å². The SMILES string of the molecule is CC1(C)CCN(C(=O)C(C)(C)F)CC1. The quantitative estimate of drug-likeness (QED) is 0.638. The maximum absolute atomic E-state index is 13.4. The molecule has 1 rings (SSSR count). The Morgan fingerprint density at radius 1 is 1.29 bits per heavy atom. The highest BCUT2D eigenvalue weighted by molar-refractivity contribution is 5.84. The molecule has 1 saturated heterocycles. The third-order valence-electron chi connectivity index (χ3n) is 2.91. The van der Waals surface area contributed by atoms with Crippen molar-refractivity contribution in [2.75, 3.05) is 13.1 Å². The Morgan fingerprint density at radius 3 is 2.07 bits per heavy atom. The van der Waals surface area contributed by atoms with E-state index in [0.717, 1.165) is 12.8 Å². The minimum Gasteiger partial charge on any atom is -0.340 e. The van der Waals surface area contributed by atoms with Crippen molar-refractivity contribution in [3.63, 3.8) is 0 Å². The minimum atomic E-state index is -1.72. The van der Waals surface area contributed by atoms with E-state index in [-0.39, 0.29) is 5.91 Å². The van der Waals surface area contributed by atoms with Gasteiger partial charge in [-0.15, -0.1) is 0 Å². The van der Waals surface area contributed by atoms with Crippen LogP contribution in [0.5, 0.6) is 0 Å². The van der Waals surface area contributed by atoms with E-state index in [1.807, 2.05) is 0 Å². The van der Waals surface area contributed by atoms with Crippen LogP contribution in [-0.4, -0.2) is 29.6 Å². The van der Waals surface area contributed by atoms with Gasteiger partial charge >= 0.3 is 0 Å². The van der Waals surface area contributed by atoms with E-state index in [0.29, 0.717) is 18.5 Å². The van der Waals surface area contributed by atoms with Crippen LogP contribution in [0.2, 0.25) is 0 Å². The van der Waals surface area contributed by atoms with Crippen LogP contribution in [0.3, 0.4) is 0 Å². The maximum atomic E-state index is 13.4. The monoisotopic (exact) mass is 201 g/mol. The van der Waals surface area contributed by atoms with Crippen molar-refractivity contribution in [1.29, 1.82) is 0 Å². The lowest BCUT2D eigenvalue weighted by Gasteiger charge is -2.38. The Labute approximate surface area is 85.5 Å². The second-order valence-electron chi connectivity index (χ2n) is 5.43. The first-order valence-electron chi connectivity index (χ1n) is 5.21. The number of alkyl halides is 1. The number of carbonyl (C=O) groups is 1. The Kier molecular flexibility index (Phi) is 2.88. The summed E-state index contributed by atoms with van der Waals surface area (Å²) in [5, 5.41) is 0. The molecule has 0 bridgehead atoms. The summed E-state index contributed by atoms with van der Waals surface area (Å²) < 4.78 is 13.4. The van der Waals surface area contributed by atoms with E-state index in [4.69, 9.17) is 0 Å². The van der Waals surface area contributed by atoms with Gasteiger partial charge in [0.05, 0.1) is 0 Å². The molecule has 2 nitrogen and oxygen atoms in total. The lowest BCUT2D eigenvalue weighted by molar-refractivity contribution is -0.143. The van der Waals surface area contributed by atoms with Gasteiger partial charge in [-0.1, -0.05) is 13.8 Å². The normalized spacial score (nSPS) is 22.2. The summed E-state index contributed by atoms with van der Waals surface area (Å²) >= 11 is 0. The van der Waals surface area contributed by atoms with Crippen LogP contribution in [0.15, 0.2) is 0 Å². The molecule has 1 amide bonds. The predicted molar refractivity (Wildman–Crippen MR) is 54.8 cm³/mol. The molecule has 1 aliphatic heterocycles. The average molecular weight is 201 g/mol. The van der Waals surface area contributed by atoms with Gasteiger partial charge in [-0.25, -0.2) is 4.39 Å². The molecule has 0 aliphatic carbocycles. The highest BCUT2D eigenvalue weighted by atomic mass is 19.1. The summed E-state index contributed by atoms with van der Waals surface area (Å²) in [4.78, 5) is 13.2. The van der Waals surface area contributed by atoms with Gasteiger partial charge < -0.3 is 4.90 Å². The van der Waals surface area contributed by atoms with Crippen molar-refractivity contribution in [2.24, 2.45) is 5.41 Å². The van der Waals surface area contributed by atoms with Gasteiger partial charge in [0, 0.05) is 13.1 Å². The number of halogens is 1. The molecule has 14 heavy (non-hydrogen) atoms. The zero-order valence-electron chi connectivity index (χ0n) is 9.56. The number of piperidine rings is 1. The Morgan fingerprint density at radius 2 is 1.71 bits per heavy atom. The molecule has 1 aliphatic rings. The van der Waals surface area contributed by atoms with Crippen molar-refractivity contribution in [1.82, 2.24) is 4.90 Å². The van der Waals surface area contributed by atoms with E-state index >= 15 is 0 Å². The Bertz CT molecular complexity index is 220. The van der Waals surface area contributed by atoms with Crippen LogP contribution in [-0.2, 0) is 4.79 Å². The Hall–Kier alpha value is -0.600. The zero-order chi connectivity index (χ0) is 11.0. The molecule has 1 heterocycles. The van der Waals surface area contributed by atoms with Gasteiger partial charge in [0.25, 0.3) is 5.91 Å². The van der Waals surface area contributed by atoms with Gasteiger partial charge in [0.2, 0.25) is 0 Å². The largest absolute Gasteiger partial charge is 0.340 e. The second kappa shape index (κ2) is 3.52. The van der Waals surface area contributed by atoms with E-state index in [1.165, 1.54) is 13.8 Å². The number of hydrogen-bond acceptors (Lipinski definition) is 1. The smallest absolute Gasteiger partial charge is 0.259 e. The molecule has 3 heteroatoms. The Balaban J connectivity index is 2.55. The molecule has 1 fully saturated rings. The van der Waals surface area contributed by atoms with Gasteiger partial charge in [0.1, 0.15) is 0 Å². The summed E-state index contributed by atoms with van der Waals surface area (Å²) in [5.74, 6) is -0.368. The molecule has 0 saturated carbocycles. The number of rotatable bonds is 1. The lowest BCUT2D eigenvalue weighted by Crippen LogP contribution is -2.47. The van der Waals surface area contributed by atoms with Gasteiger partial charge in [-0.3, -0.25) is 4.79 Å². The number of hydrogen-bond donors (Lipinski definition) is 0. The molecule has 0 unspecified atom stereocenters. The standard InChI is InChI=1S/C11H20FNO/c1-10(2)5-7-13(8-6-10)9(14)11(3,4)12/h5-8H2,1-4H3. The van der Waals surface area contributed by atoms with Crippen LogP contribution in [0.25, 0.3) is 0 Å². The third kappa shape index (κ3) is 2.69. The van der Waals surface area contributed by atoms with Gasteiger partial charge in [0.15, 0.2) is 5.67 Å². The van der Waals surface area contributed by atoms with E-state index in [2.05, 4.69) is 13.8 Å². The van der Waals surface area contributed by atoms with E-state index in [9.17, 15) is 9.18 Å². The predicted octanol–water partition coefficient (Wildman–Crippen LogP) is 2.38. The first-order chi connectivity index (χ1) is 6.22. The fraction of sp³-hybridized carbons (Fsp3) is 0.909. The summed E-state index contributed by atoms with van der Waals surface area (Å²) in [6, 6.07) is 0. The number of likely N-dealkylation sites (tertiary alicyclic amines) is 1. The maximum Gasteiger partial charge on any atom is 0.259 e. The van der Waals surface area contributed by atoms with Gasteiger partial charge in [-0.05, 0) is 32.1 Å². The molecular weight excluding hydrogens is 181 g/mol. The molecule has 82 valence electrons. The molecule has 0 aromatic rings. The molecule has 0 radical (unpaired) electrons. The fourth-order valence-electron chi connectivity index (χ4n) is 1.69. The van der Waals surface area contributed by atoms with Crippen molar-refractivity contribution in [3.05, 3.63) is 0 Å². The van der Waals surface area contributed by atoms with Crippen LogP contribution in [0.1, 0.15) is 40.5 Å². The van der Waals surface area contributed by atoms with Crippen molar-refractivity contribution in [2.45, 2.75) is 46.2 Å². The average Bonchev–Trinajstić information content (AvgIpc) is 2.01. The molecular formula is C11H20FNO. The van der Waals surface area contributed by atoms with Gasteiger partial charge in [-0.2, -0.15) is 0 Å². The number of amides is 1. The highest BCUT2D eigenvalue weighted by Crippen LogP contribution is 2.30. The minimum absolute atomic E-state index is 0.303. The first kappa shape index (κ1) is 11.5. The summed E-state index contributed by atoms with van der Waals surface area (Å²) in [6.07, 6.45) is 1.93. The first-order valence-corrected chi connectivity index (χ1v) is 5.21. The van der Waals surface area contributed by atoms with Crippen molar-refractivity contribution in [3.8, 4) is 0 Å². The van der Waals surface area contributed by atoms with Crippen LogP contribution >= 0.6 is 0 Å². The van der Waals surface area contributed by atoms with Crippen LogP contribution in [0.4, 0.5) is 4.39 Å². The highest BCUT2D eigenvalue weighted by Gasteiger charge is 2.35. The molecule has 0 aromatic carbocycles. The van der Waals surface area contributed by atoms with Crippen LogP contribution in [0, 0.1) is 5.41 Å². The molecule has 0 aromatic heterocycles. The summed E-state index contributed by atoms with van der Waals surface area (Å²) in [5.41, 5.74) is -1.42. The van der Waals surface area contributed by atoms with E-state index < -0.39 is 5.67 Å². The molecule has 0 atom stereocenters. The lowest BCUT2D eigenvalue weighted by atomic mass is 9.82. The summed E-state index contributed by atoms with van der Waals surface area (Å²) in [6.45, 7) is 8.42. The summed E-state index contributed by atoms with van der Waals surface area (Å²) in [7, 11) is 0. The number of nitrogens with zero attached hydrogens (tertiary/aromatic N) is 1. The second-order valence-corrected chi connectivity index (χ2v) is 5.43. The molecule has 0 N–H and O–H groups in total. The topological polar surface area (TPSA) is 20.3 Å². The molecule has 0 spiro atoms. The van der Waals surface area contributed by atoms with Crippen LogP contribution < -0.4 is 0 Å². The zero-order valence-corrected chi connectivity index (χ0v) is 9.56. The number of carbonyl (C=O) groups excluding carboxylic acids is 1.